The summed E-state index contributed by atoms with van der Waals surface area (Å²) in [5.74, 6) is 2.05. The Bertz CT molecular complexity index is 784. The van der Waals surface area contributed by atoms with Gasteiger partial charge in [-0.15, -0.1) is 0 Å². The van der Waals surface area contributed by atoms with Gasteiger partial charge in [-0.05, 0) is 62.8 Å². The molecule has 1 N–H and O–H groups in total. The molecule has 3 nitrogen and oxygen atoms in total. The Hall–Kier alpha value is -2.73. The second-order valence-corrected chi connectivity index (χ2v) is 8.14. The highest BCUT2D eigenvalue weighted by atomic mass is 16.5. The van der Waals surface area contributed by atoms with Gasteiger partial charge in [0.25, 0.3) is 0 Å². The smallest absolute Gasteiger partial charge is 0.120 e. The standard InChI is InChI=1S/C17H24O.C9H9NO/c1-17(2,18-16-12-4-3-5-13-16)14-8-11-15-9-6-7-10-15;10-7-3-5-8-4-1-2-6-9(8)11/h3-5,8,11-13,15H,6-7,9-10,14H2,1-2H3;1-2,4,6,11H,3,5H2/b11-8+;. The van der Waals surface area contributed by atoms with Crippen LogP contribution < -0.4 is 4.74 Å². The Balaban J connectivity index is 0.000000234. The van der Waals surface area contributed by atoms with Crippen LogP contribution in [0.15, 0.2) is 66.7 Å². The van der Waals surface area contributed by atoms with Crippen LogP contribution in [-0.4, -0.2) is 10.7 Å². The van der Waals surface area contributed by atoms with Crippen LogP contribution in [0.4, 0.5) is 0 Å². The SMILES string of the molecule is CC(C)(C/C=C/C1CCCC1)Oc1ccccc1.N#CCCc1ccccc1O. The molecule has 1 aliphatic carbocycles. The fourth-order valence-corrected chi connectivity index (χ4v) is 3.46. The number of nitriles is 1. The minimum absolute atomic E-state index is 0.129. The largest absolute Gasteiger partial charge is 0.508 e. The van der Waals surface area contributed by atoms with Crippen molar-refractivity contribution in [1.29, 1.82) is 5.26 Å². The van der Waals surface area contributed by atoms with Gasteiger partial charge in [0.05, 0.1) is 6.07 Å². The first-order chi connectivity index (χ1) is 14.0. The van der Waals surface area contributed by atoms with E-state index in [1.54, 1.807) is 12.1 Å². The summed E-state index contributed by atoms with van der Waals surface area (Å²) in [6.07, 6.45) is 12.3. The van der Waals surface area contributed by atoms with Gasteiger partial charge in [0.1, 0.15) is 17.1 Å². The number of hydrogen-bond donors (Lipinski definition) is 1. The van der Waals surface area contributed by atoms with E-state index in [0.29, 0.717) is 12.8 Å². The normalized spacial score (nSPS) is 14.2. The molecule has 2 aromatic carbocycles. The number of phenols is 1. The average molecular weight is 392 g/mol. The van der Waals surface area contributed by atoms with Crippen LogP contribution in [-0.2, 0) is 6.42 Å². The van der Waals surface area contributed by atoms with Crippen molar-refractivity contribution in [1.82, 2.24) is 0 Å². The van der Waals surface area contributed by atoms with Crippen molar-refractivity contribution in [2.45, 2.75) is 64.4 Å². The first-order valence-corrected chi connectivity index (χ1v) is 10.5. The molecule has 0 aromatic heterocycles. The monoisotopic (exact) mass is 391 g/mol. The van der Waals surface area contributed by atoms with E-state index >= 15 is 0 Å². The van der Waals surface area contributed by atoms with E-state index in [4.69, 9.17) is 10.00 Å². The minimum Gasteiger partial charge on any atom is -0.508 e. The Labute approximate surface area is 175 Å². The third kappa shape index (κ3) is 8.87. The molecule has 0 saturated heterocycles. The predicted molar refractivity (Wildman–Crippen MR) is 119 cm³/mol. The Morgan fingerprint density at radius 3 is 2.38 bits per heavy atom. The highest BCUT2D eigenvalue weighted by Gasteiger charge is 2.18. The van der Waals surface area contributed by atoms with E-state index in [2.05, 4.69) is 26.0 Å². The van der Waals surface area contributed by atoms with Crippen molar-refractivity contribution in [2.75, 3.05) is 0 Å². The van der Waals surface area contributed by atoms with Gasteiger partial charge in [0, 0.05) is 12.8 Å². The topological polar surface area (TPSA) is 53.2 Å². The van der Waals surface area contributed by atoms with Crippen LogP contribution in [0.2, 0.25) is 0 Å². The summed E-state index contributed by atoms with van der Waals surface area (Å²) >= 11 is 0. The lowest BCUT2D eigenvalue weighted by Crippen LogP contribution is -2.27. The van der Waals surface area contributed by atoms with Crippen molar-refractivity contribution in [3.63, 3.8) is 0 Å². The van der Waals surface area contributed by atoms with Gasteiger partial charge < -0.3 is 9.84 Å². The number of aromatic hydroxyl groups is 1. The van der Waals surface area contributed by atoms with Crippen LogP contribution in [0.3, 0.4) is 0 Å². The Morgan fingerprint density at radius 2 is 1.72 bits per heavy atom. The number of benzene rings is 2. The molecule has 0 bridgehead atoms. The van der Waals surface area contributed by atoms with Gasteiger partial charge in [-0.3, -0.25) is 0 Å². The first kappa shape index (κ1) is 22.6. The summed E-state index contributed by atoms with van der Waals surface area (Å²) in [6.45, 7) is 4.30. The second kappa shape index (κ2) is 12.0. The van der Waals surface area contributed by atoms with Crippen molar-refractivity contribution >= 4 is 0 Å². The zero-order chi connectivity index (χ0) is 21.0. The molecule has 0 radical (unpaired) electrons. The van der Waals surface area contributed by atoms with E-state index in [0.717, 1.165) is 23.7 Å². The maximum absolute atomic E-state index is 9.23. The van der Waals surface area contributed by atoms with Crippen LogP contribution >= 0.6 is 0 Å². The van der Waals surface area contributed by atoms with Crippen LogP contribution in [0.25, 0.3) is 0 Å². The lowest BCUT2D eigenvalue weighted by Gasteiger charge is -2.25. The van der Waals surface area contributed by atoms with Gasteiger partial charge in [-0.1, -0.05) is 61.4 Å². The number of nitrogens with zero attached hydrogens (tertiary/aromatic N) is 1. The van der Waals surface area contributed by atoms with Crippen LogP contribution in [0.1, 0.15) is 57.9 Å². The van der Waals surface area contributed by atoms with E-state index in [-0.39, 0.29) is 11.4 Å². The highest BCUT2D eigenvalue weighted by molar-refractivity contribution is 5.32. The van der Waals surface area contributed by atoms with Crippen LogP contribution in [0, 0.1) is 17.2 Å². The molecule has 3 rings (SSSR count). The summed E-state index contributed by atoms with van der Waals surface area (Å²) in [5.41, 5.74) is 0.713. The van der Waals surface area contributed by atoms with Gasteiger partial charge in [-0.25, -0.2) is 0 Å². The third-order valence-corrected chi connectivity index (χ3v) is 5.05. The molecular weight excluding hydrogens is 358 g/mol. The second-order valence-electron chi connectivity index (χ2n) is 8.14. The number of rotatable bonds is 7. The average Bonchev–Trinajstić information content (AvgIpc) is 3.22. The number of allylic oxidation sites excluding steroid dienone is 1. The molecule has 0 amide bonds. The molecule has 1 fully saturated rings. The lowest BCUT2D eigenvalue weighted by atomic mass is 10.0. The zero-order valence-corrected chi connectivity index (χ0v) is 17.7. The summed E-state index contributed by atoms with van der Waals surface area (Å²) in [7, 11) is 0. The molecule has 29 heavy (non-hydrogen) atoms. The number of ether oxygens (including phenoxy) is 1. The molecule has 0 unspecified atom stereocenters. The molecule has 3 heteroatoms. The fourth-order valence-electron chi connectivity index (χ4n) is 3.46. The van der Waals surface area contributed by atoms with Gasteiger partial charge in [0.2, 0.25) is 0 Å². The first-order valence-electron chi connectivity index (χ1n) is 10.5. The van der Waals surface area contributed by atoms with E-state index < -0.39 is 0 Å². The molecule has 0 heterocycles. The van der Waals surface area contributed by atoms with Crippen molar-refractivity contribution in [3.05, 3.63) is 72.3 Å². The number of para-hydroxylation sites is 2. The van der Waals surface area contributed by atoms with Gasteiger partial charge >= 0.3 is 0 Å². The molecule has 1 saturated carbocycles. The Kier molecular flexibility index (Phi) is 9.31. The van der Waals surface area contributed by atoms with Crippen molar-refractivity contribution in [3.8, 4) is 17.6 Å². The fraction of sp³-hybridized carbons (Fsp3) is 0.423. The molecule has 0 aliphatic heterocycles. The maximum Gasteiger partial charge on any atom is 0.120 e. The molecule has 2 aromatic rings. The molecule has 0 atom stereocenters. The quantitative estimate of drug-likeness (QED) is 0.526. The lowest BCUT2D eigenvalue weighted by molar-refractivity contribution is 0.113. The molecule has 0 spiro atoms. The maximum atomic E-state index is 9.23. The third-order valence-electron chi connectivity index (χ3n) is 5.05. The summed E-state index contributed by atoms with van der Waals surface area (Å²) < 4.78 is 6.02. The zero-order valence-electron chi connectivity index (χ0n) is 17.7. The molecular formula is C26H33NO2. The summed E-state index contributed by atoms with van der Waals surface area (Å²) in [6, 6.07) is 19.2. The van der Waals surface area contributed by atoms with Crippen LogP contribution in [0.5, 0.6) is 11.5 Å². The Morgan fingerprint density at radius 1 is 1.07 bits per heavy atom. The van der Waals surface area contributed by atoms with Crippen molar-refractivity contribution in [2.24, 2.45) is 5.92 Å². The molecule has 1 aliphatic rings. The van der Waals surface area contributed by atoms with E-state index in [1.165, 1.54) is 25.7 Å². The summed E-state index contributed by atoms with van der Waals surface area (Å²) in [4.78, 5) is 0. The van der Waals surface area contributed by atoms with E-state index in [1.807, 2.05) is 48.5 Å². The molecule has 154 valence electrons. The predicted octanol–water partition coefficient (Wildman–Crippen LogP) is 6.83. The number of phenolic OH excluding ortho intramolecular Hbond substituents is 1. The van der Waals surface area contributed by atoms with Gasteiger partial charge in [0.15, 0.2) is 0 Å². The van der Waals surface area contributed by atoms with E-state index in [9.17, 15) is 5.11 Å². The number of aryl methyl sites for hydroxylation is 1. The van der Waals surface area contributed by atoms with Crippen molar-refractivity contribution < 1.29 is 9.84 Å². The minimum atomic E-state index is -0.129. The number of hydrogen-bond acceptors (Lipinski definition) is 3. The highest BCUT2D eigenvalue weighted by Crippen LogP contribution is 2.27. The summed E-state index contributed by atoms with van der Waals surface area (Å²) in [5, 5.41) is 17.5. The van der Waals surface area contributed by atoms with Gasteiger partial charge in [-0.2, -0.15) is 5.26 Å².